The summed E-state index contributed by atoms with van der Waals surface area (Å²) in [7, 11) is 1.25. The van der Waals surface area contributed by atoms with Gasteiger partial charge in [-0.3, -0.25) is 0 Å². The fraction of sp³-hybridized carbons (Fsp3) is 0.467. The van der Waals surface area contributed by atoms with Crippen LogP contribution in [0.3, 0.4) is 0 Å². The highest BCUT2D eigenvalue weighted by atomic mass is 16.5. The molecule has 0 amide bonds. The number of carbonyl (C=O) groups is 2. The van der Waals surface area contributed by atoms with Gasteiger partial charge in [-0.05, 0) is 26.3 Å². The first-order chi connectivity index (χ1) is 9.89. The monoisotopic (exact) mass is 290 g/mol. The van der Waals surface area contributed by atoms with Crippen molar-refractivity contribution in [1.29, 1.82) is 10.5 Å². The number of allylic oxidation sites excluding steroid dienone is 2. The molecule has 0 aromatic carbocycles. The van der Waals surface area contributed by atoms with E-state index >= 15 is 0 Å². The molecular formula is C15H18N2O4. The standard InChI is InChI=1S/C15H18N2O4/c1-5-21-14(19)15(10-17,8-9-16)12(3)7-6-11(2)13(18)20-4/h6-7H,5,8H2,1-4H3/b11-6-,12-7+. The van der Waals surface area contributed by atoms with Gasteiger partial charge >= 0.3 is 11.9 Å². The zero-order valence-electron chi connectivity index (χ0n) is 12.6. The van der Waals surface area contributed by atoms with Gasteiger partial charge in [0.15, 0.2) is 5.41 Å². The van der Waals surface area contributed by atoms with Crippen LogP contribution in [0.1, 0.15) is 27.2 Å². The third-order valence-corrected chi connectivity index (χ3v) is 2.92. The molecule has 1 atom stereocenters. The molecule has 0 rings (SSSR count). The minimum absolute atomic E-state index is 0.109. The molecule has 0 saturated heterocycles. The Labute approximate surface area is 124 Å². The Morgan fingerprint density at radius 1 is 1.24 bits per heavy atom. The average molecular weight is 290 g/mol. The molecule has 0 spiro atoms. The maximum Gasteiger partial charge on any atom is 0.333 e. The van der Waals surface area contributed by atoms with Crippen LogP contribution >= 0.6 is 0 Å². The lowest BCUT2D eigenvalue weighted by Crippen LogP contribution is -2.32. The zero-order chi connectivity index (χ0) is 16.5. The molecule has 0 N–H and O–H groups in total. The van der Waals surface area contributed by atoms with Gasteiger partial charge in [-0.15, -0.1) is 0 Å². The summed E-state index contributed by atoms with van der Waals surface area (Å²) < 4.78 is 9.43. The van der Waals surface area contributed by atoms with Crippen molar-refractivity contribution < 1.29 is 19.1 Å². The number of esters is 2. The Morgan fingerprint density at radius 2 is 1.86 bits per heavy atom. The third kappa shape index (κ3) is 4.47. The topological polar surface area (TPSA) is 100 Å². The normalized spacial score (nSPS) is 14.4. The minimum atomic E-state index is -1.67. The quantitative estimate of drug-likeness (QED) is 0.421. The van der Waals surface area contributed by atoms with Crippen LogP contribution in [0.4, 0.5) is 0 Å². The Bertz CT molecular complexity index is 549. The molecule has 6 nitrogen and oxygen atoms in total. The van der Waals surface area contributed by atoms with E-state index in [9.17, 15) is 14.9 Å². The summed E-state index contributed by atoms with van der Waals surface area (Å²) in [5.41, 5.74) is -1.03. The molecule has 0 heterocycles. The van der Waals surface area contributed by atoms with E-state index in [4.69, 9.17) is 10.00 Å². The molecule has 0 bridgehead atoms. The van der Waals surface area contributed by atoms with Gasteiger partial charge < -0.3 is 9.47 Å². The second-order valence-electron chi connectivity index (χ2n) is 4.26. The highest BCUT2D eigenvalue weighted by molar-refractivity contribution is 5.88. The SMILES string of the molecule is CCOC(=O)C(C#N)(CC#N)/C(C)=C/C=C(/C)C(=O)OC. The third-order valence-electron chi connectivity index (χ3n) is 2.92. The van der Waals surface area contributed by atoms with Gasteiger partial charge in [0, 0.05) is 5.57 Å². The smallest absolute Gasteiger partial charge is 0.333 e. The van der Waals surface area contributed by atoms with Crippen LogP contribution in [-0.4, -0.2) is 25.7 Å². The van der Waals surface area contributed by atoms with Gasteiger partial charge in [0.05, 0.1) is 32.3 Å². The molecule has 0 aromatic rings. The van der Waals surface area contributed by atoms with Crippen molar-refractivity contribution in [3.63, 3.8) is 0 Å². The van der Waals surface area contributed by atoms with Crippen LogP contribution in [-0.2, 0) is 19.1 Å². The molecule has 1 unspecified atom stereocenters. The van der Waals surface area contributed by atoms with Crippen molar-refractivity contribution in [1.82, 2.24) is 0 Å². The van der Waals surface area contributed by atoms with Crippen LogP contribution in [0, 0.1) is 28.1 Å². The first-order valence-corrected chi connectivity index (χ1v) is 6.29. The van der Waals surface area contributed by atoms with E-state index in [1.807, 2.05) is 12.1 Å². The zero-order valence-corrected chi connectivity index (χ0v) is 12.6. The Kier molecular flexibility index (Phi) is 7.49. The summed E-state index contributed by atoms with van der Waals surface area (Å²) in [4.78, 5) is 23.3. The predicted molar refractivity (Wildman–Crippen MR) is 74.4 cm³/mol. The van der Waals surface area contributed by atoms with E-state index in [1.165, 1.54) is 19.3 Å². The van der Waals surface area contributed by atoms with Gasteiger partial charge in [0.1, 0.15) is 0 Å². The molecule has 0 aliphatic rings. The number of rotatable bonds is 6. The van der Waals surface area contributed by atoms with Crippen molar-refractivity contribution in [2.75, 3.05) is 13.7 Å². The first-order valence-electron chi connectivity index (χ1n) is 6.29. The van der Waals surface area contributed by atoms with E-state index in [-0.39, 0.29) is 13.0 Å². The number of methoxy groups -OCH3 is 1. The summed E-state index contributed by atoms with van der Waals surface area (Å²) in [5.74, 6) is -1.29. The van der Waals surface area contributed by atoms with Crippen molar-refractivity contribution in [2.45, 2.75) is 27.2 Å². The van der Waals surface area contributed by atoms with Crippen LogP contribution < -0.4 is 0 Å². The van der Waals surface area contributed by atoms with Crippen molar-refractivity contribution >= 4 is 11.9 Å². The average Bonchev–Trinajstić information content (AvgIpc) is 2.49. The molecule has 0 aromatic heterocycles. The first kappa shape index (κ1) is 18.4. The van der Waals surface area contributed by atoms with Crippen LogP contribution in [0.15, 0.2) is 23.3 Å². The highest BCUT2D eigenvalue weighted by Gasteiger charge is 2.42. The van der Waals surface area contributed by atoms with Crippen molar-refractivity contribution in [2.24, 2.45) is 5.41 Å². The Balaban J connectivity index is 5.66. The van der Waals surface area contributed by atoms with E-state index < -0.39 is 17.4 Å². The number of nitriles is 2. The minimum Gasteiger partial charge on any atom is -0.466 e. The molecule has 6 heteroatoms. The molecule has 0 fully saturated rings. The lowest BCUT2D eigenvalue weighted by Gasteiger charge is -2.22. The van der Waals surface area contributed by atoms with E-state index in [2.05, 4.69) is 4.74 Å². The maximum absolute atomic E-state index is 12.0. The Morgan fingerprint density at radius 3 is 2.29 bits per heavy atom. The molecule has 0 aliphatic heterocycles. The summed E-state index contributed by atoms with van der Waals surface area (Å²) in [5, 5.41) is 18.2. The lowest BCUT2D eigenvalue weighted by atomic mass is 9.79. The fourth-order valence-electron chi connectivity index (χ4n) is 1.54. The summed E-state index contributed by atoms with van der Waals surface area (Å²) in [6.45, 7) is 4.81. The summed E-state index contributed by atoms with van der Waals surface area (Å²) in [6, 6.07) is 3.68. The van der Waals surface area contributed by atoms with Crippen LogP contribution in [0.5, 0.6) is 0 Å². The molecule has 0 radical (unpaired) electrons. The molecule has 21 heavy (non-hydrogen) atoms. The summed E-state index contributed by atoms with van der Waals surface area (Å²) in [6.07, 6.45) is 2.56. The largest absolute Gasteiger partial charge is 0.466 e. The van der Waals surface area contributed by atoms with Crippen LogP contribution in [0.2, 0.25) is 0 Å². The number of carbonyl (C=O) groups excluding carboxylic acids is 2. The van der Waals surface area contributed by atoms with Crippen molar-refractivity contribution in [3.05, 3.63) is 23.3 Å². The number of hydrogen-bond acceptors (Lipinski definition) is 6. The highest BCUT2D eigenvalue weighted by Crippen LogP contribution is 2.32. The van der Waals surface area contributed by atoms with Gasteiger partial charge in [-0.25, -0.2) is 9.59 Å². The lowest BCUT2D eigenvalue weighted by molar-refractivity contribution is -0.149. The maximum atomic E-state index is 12.0. The van der Waals surface area contributed by atoms with Crippen LogP contribution in [0.25, 0.3) is 0 Å². The second-order valence-corrected chi connectivity index (χ2v) is 4.26. The van der Waals surface area contributed by atoms with E-state index in [0.717, 1.165) is 0 Å². The predicted octanol–water partition coefficient (Wildman–Crippen LogP) is 2.04. The number of hydrogen-bond donors (Lipinski definition) is 0. The van der Waals surface area contributed by atoms with Crippen molar-refractivity contribution in [3.8, 4) is 12.1 Å². The van der Waals surface area contributed by atoms with E-state index in [1.54, 1.807) is 20.8 Å². The van der Waals surface area contributed by atoms with Gasteiger partial charge in [0.25, 0.3) is 0 Å². The van der Waals surface area contributed by atoms with Gasteiger partial charge in [0.2, 0.25) is 0 Å². The van der Waals surface area contributed by atoms with Gasteiger partial charge in [-0.2, -0.15) is 10.5 Å². The number of nitrogens with zero attached hydrogens (tertiary/aromatic N) is 2. The Hall–Kier alpha value is -2.60. The molecule has 0 saturated carbocycles. The molecular weight excluding hydrogens is 272 g/mol. The van der Waals surface area contributed by atoms with Gasteiger partial charge in [-0.1, -0.05) is 12.2 Å². The fourth-order valence-corrected chi connectivity index (χ4v) is 1.54. The summed E-state index contributed by atoms with van der Waals surface area (Å²) >= 11 is 0. The molecule has 112 valence electrons. The molecule has 0 aliphatic carbocycles. The second kappa shape index (κ2) is 8.55. The number of ether oxygens (including phenoxy) is 2. The van der Waals surface area contributed by atoms with E-state index in [0.29, 0.717) is 11.1 Å².